The van der Waals surface area contributed by atoms with Gasteiger partial charge in [0.15, 0.2) is 0 Å². The van der Waals surface area contributed by atoms with Gasteiger partial charge in [-0.25, -0.2) is 0 Å². The number of rotatable bonds is 5. The summed E-state index contributed by atoms with van der Waals surface area (Å²) in [5.74, 6) is 1.29. The van der Waals surface area contributed by atoms with E-state index >= 15 is 0 Å². The summed E-state index contributed by atoms with van der Waals surface area (Å²) in [6, 6.07) is 14.3. The topological polar surface area (TPSA) is 36.6 Å². The molecule has 3 heteroatoms. The monoisotopic (exact) mass is 285 g/mol. The Balaban J connectivity index is 1.45. The average molecular weight is 285 g/mol. The predicted molar refractivity (Wildman–Crippen MR) is 82.7 cm³/mol. The van der Waals surface area contributed by atoms with Gasteiger partial charge in [-0.1, -0.05) is 30.3 Å². The van der Waals surface area contributed by atoms with Gasteiger partial charge in [0.2, 0.25) is 0 Å². The summed E-state index contributed by atoms with van der Waals surface area (Å²) >= 11 is 0. The number of piperidine rings is 1. The van der Waals surface area contributed by atoms with Crippen molar-refractivity contribution in [3.05, 3.63) is 60.1 Å². The maximum absolute atomic E-state index is 10.2. The van der Waals surface area contributed by atoms with Crippen LogP contribution < -0.4 is 0 Å². The number of hydrogen-bond donors (Lipinski definition) is 1. The van der Waals surface area contributed by atoms with E-state index in [-0.39, 0.29) is 0 Å². The molecule has 0 spiro atoms. The Bertz CT molecular complexity index is 515. The van der Waals surface area contributed by atoms with Gasteiger partial charge in [-0.2, -0.15) is 0 Å². The van der Waals surface area contributed by atoms with Crippen LogP contribution >= 0.6 is 0 Å². The number of nitrogens with zero attached hydrogens (tertiary/aromatic N) is 1. The highest BCUT2D eigenvalue weighted by molar-refractivity contribution is 5.14. The smallest absolute Gasteiger partial charge is 0.132 e. The van der Waals surface area contributed by atoms with Crippen LogP contribution in [-0.4, -0.2) is 23.1 Å². The van der Waals surface area contributed by atoms with Crippen LogP contribution in [0, 0.1) is 5.92 Å². The Morgan fingerprint density at radius 3 is 2.52 bits per heavy atom. The summed E-state index contributed by atoms with van der Waals surface area (Å²) in [5, 5.41) is 10.2. The molecule has 2 aromatic rings. The molecule has 0 bridgehead atoms. The third kappa shape index (κ3) is 3.96. The Kier molecular flexibility index (Phi) is 4.73. The van der Waals surface area contributed by atoms with E-state index in [2.05, 4.69) is 35.2 Å². The van der Waals surface area contributed by atoms with Crippen molar-refractivity contribution in [2.45, 2.75) is 31.9 Å². The quantitative estimate of drug-likeness (QED) is 0.911. The molecule has 1 fully saturated rings. The van der Waals surface area contributed by atoms with Crippen LogP contribution in [0.25, 0.3) is 0 Å². The third-order valence-corrected chi connectivity index (χ3v) is 4.38. The minimum absolute atomic E-state index is 0.453. The number of benzene rings is 1. The van der Waals surface area contributed by atoms with Crippen molar-refractivity contribution >= 4 is 0 Å². The van der Waals surface area contributed by atoms with Gasteiger partial charge in [-0.3, -0.25) is 4.90 Å². The van der Waals surface area contributed by atoms with Gasteiger partial charge >= 0.3 is 0 Å². The lowest BCUT2D eigenvalue weighted by Gasteiger charge is -2.32. The molecule has 21 heavy (non-hydrogen) atoms. The lowest BCUT2D eigenvalue weighted by molar-refractivity contribution is 0.0906. The van der Waals surface area contributed by atoms with Crippen molar-refractivity contribution in [3.8, 4) is 0 Å². The summed E-state index contributed by atoms with van der Waals surface area (Å²) in [4.78, 5) is 2.51. The van der Waals surface area contributed by atoms with Crippen LogP contribution in [-0.2, 0) is 6.54 Å². The normalized spacial score (nSPS) is 18.7. The highest BCUT2D eigenvalue weighted by Crippen LogP contribution is 2.28. The number of aliphatic hydroxyl groups is 1. The fourth-order valence-electron chi connectivity index (χ4n) is 3.13. The zero-order valence-electron chi connectivity index (χ0n) is 12.3. The summed E-state index contributed by atoms with van der Waals surface area (Å²) in [6.07, 6.45) is 4.30. The molecule has 1 N–H and O–H groups in total. The minimum atomic E-state index is -0.453. The van der Waals surface area contributed by atoms with Crippen LogP contribution in [0.4, 0.5) is 0 Å². The predicted octanol–water partition coefficient (Wildman–Crippen LogP) is 3.62. The van der Waals surface area contributed by atoms with Gasteiger partial charge in [-0.15, -0.1) is 0 Å². The molecule has 3 rings (SSSR count). The van der Waals surface area contributed by atoms with Crippen molar-refractivity contribution in [1.29, 1.82) is 0 Å². The van der Waals surface area contributed by atoms with E-state index < -0.39 is 6.10 Å². The van der Waals surface area contributed by atoms with Gasteiger partial charge in [0.1, 0.15) is 11.9 Å². The molecule has 0 radical (unpaired) electrons. The second-order valence-electron chi connectivity index (χ2n) is 5.97. The first-order valence-corrected chi connectivity index (χ1v) is 7.79. The first-order valence-electron chi connectivity index (χ1n) is 7.79. The molecular formula is C18H23NO2. The Morgan fingerprint density at radius 1 is 1.10 bits per heavy atom. The highest BCUT2D eigenvalue weighted by atomic mass is 16.4. The first kappa shape index (κ1) is 14.4. The second-order valence-corrected chi connectivity index (χ2v) is 5.97. The molecule has 0 unspecified atom stereocenters. The molecule has 1 saturated heterocycles. The van der Waals surface area contributed by atoms with Crippen LogP contribution in [0.3, 0.4) is 0 Å². The summed E-state index contributed by atoms with van der Waals surface area (Å²) in [7, 11) is 0. The number of furan rings is 1. The van der Waals surface area contributed by atoms with Gasteiger partial charge in [0.05, 0.1) is 6.26 Å². The number of likely N-dealkylation sites (tertiary alicyclic amines) is 1. The van der Waals surface area contributed by atoms with Gasteiger partial charge < -0.3 is 9.52 Å². The van der Waals surface area contributed by atoms with Gasteiger partial charge in [-0.05, 0) is 56.0 Å². The van der Waals surface area contributed by atoms with Crippen molar-refractivity contribution < 1.29 is 9.52 Å². The van der Waals surface area contributed by atoms with Crippen molar-refractivity contribution in [2.24, 2.45) is 5.92 Å². The second kappa shape index (κ2) is 6.92. The Hall–Kier alpha value is -1.58. The lowest BCUT2D eigenvalue weighted by atomic mass is 9.90. The summed E-state index contributed by atoms with van der Waals surface area (Å²) < 4.78 is 5.28. The molecule has 2 heterocycles. The molecule has 0 aliphatic carbocycles. The zero-order valence-corrected chi connectivity index (χ0v) is 12.3. The molecule has 1 aromatic carbocycles. The first-order chi connectivity index (χ1) is 10.3. The van der Waals surface area contributed by atoms with E-state index in [1.807, 2.05) is 12.1 Å². The van der Waals surface area contributed by atoms with Crippen molar-refractivity contribution in [3.63, 3.8) is 0 Å². The van der Waals surface area contributed by atoms with E-state index in [0.29, 0.717) is 11.7 Å². The van der Waals surface area contributed by atoms with Crippen molar-refractivity contribution in [1.82, 2.24) is 4.90 Å². The maximum Gasteiger partial charge on any atom is 0.132 e. The summed E-state index contributed by atoms with van der Waals surface area (Å²) in [6.45, 7) is 3.27. The van der Waals surface area contributed by atoms with E-state index in [9.17, 15) is 5.11 Å². The van der Waals surface area contributed by atoms with Crippen LogP contribution in [0.1, 0.15) is 36.7 Å². The summed E-state index contributed by atoms with van der Waals surface area (Å²) in [5.41, 5.74) is 1.38. The van der Waals surface area contributed by atoms with Gasteiger partial charge in [0, 0.05) is 6.54 Å². The minimum Gasteiger partial charge on any atom is -0.467 e. The Morgan fingerprint density at radius 2 is 1.86 bits per heavy atom. The van der Waals surface area contributed by atoms with Gasteiger partial charge in [0.25, 0.3) is 0 Å². The van der Waals surface area contributed by atoms with E-state index in [0.717, 1.165) is 38.9 Å². The maximum atomic E-state index is 10.2. The van der Waals surface area contributed by atoms with Crippen LogP contribution in [0.5, 0.6) is 0 Å². The molecule has 1 aliphatic rings. The molecule has 0 amide bonds. The molecule has 0 saturated carbocycles. The fraction of sp³-hybridized carbons (Fsp3) is 0.444. The molecule has 1 aromatic heterocycles. The molecule has 3 nitrogen and oxygen atoms in total. The van der Waals surface area contributed by atoms with E-state index in [4.69, 9.17) is 4.42 Å². The average Bonchev–Trinajstić information content (AvgIpc) is 3.05. The fourth-order valence-corrected chi connectivity index (χ4v) is 3.13. The molecule has 1 aliphatic heterocycles. The Labute approximate surface area is 126 Å². The van der Waals surface area contributed by atoms with E-state index in [1.54, 1.807) is 6.26 Å². The number of aliphatic hydroxyl groups excluding tert-OH is 1. The molecule has 112 valence electrons. The molecular weight excluding hydrogens is 262 g/mol. The van der Waals surface area contributed by atoms with E-state index in [1.165, 1.54) is 5.56 Å². The standard InChI is InChI=1S/C18H23NO2/c20-17(18-7-4-12-21-18)13-15-8-10-19(11-9-15)14-16-5-2-1-3-6-16/h1-7,12,15,17,20H,8-11,13-14H2/t17-/m0/s1. The van der Waals surface area contributed by atoms with Crippen molar-refractivity contribution in [2.75, 3.05) is 13.1 Å². The number of hydrogen-bond acceptors (Lipinski definition) is 3. The lowest BCUT2D eigenvalue weighted by Crippen LogP contribution is -2.33. The largest absolute Gasteiger partial charge is 0.467 e. The highest BCUT2D eigenvalue weighted by Gasteiger charge is 2.23. The SMILES string of the molecule is O[C@@H](CC1CCN(Cc2ccccc2)CC1)c1ccco1. The van der Waals surface area contributed by atoms with Crippen LogP contribution in [0.2, 0.25) is 0 Å². The zero-order chi connectivity index (χ0) is 14.5. The van der Waals surface area contributed by atoms with Crippen LogP contribution in [0.15, 0.2) is 53.1 Å². The molecule has 1 atom stereocenters. The third-order valence-electron chi connectivity index (χ3n) is 4.38.